The van der Waals surface area contributed by atoms with Gasteiger partial charge in [0.2, 0.25) is 5.91 Å². The first-order chi connectivity index (χ1) is 18.9. The molecule has 0 saturated carbocycles. The summed E-state index contributed by atoms with van der Waals surface area (Å²) in [5.74, 6) is 1.27. The molecule has 3 heterocycles. The molecule has 5 atom stereocenters. The molecule has 1 aromatic heterocycles. The highest BCUT2D eigenvalue weighted by Gasteiger charge is 2.41. The van der Waals surface area contributed by atoms with Crippen LogP contribution in [0.15, 0.2) is 72.9 Å². The summed E-state index contributed by atoms with van der Waals surface area (Å²) < 4.78 is 6.34. The highest BCUT2D eigenvalue weighted by atomic mass is 35.5. The summed E-state index contributed by atoms with van der Waals surface area (Å²) in [6, 6.07) is 23.5. The molecule has 0 N–H and O–H groups in total. The largest absolute Gasteiger partial charge is 0.490 e. The van der Waals surface area contributed by atoms with E-state index in [0.29, 0.717) is 42.6 Å². The van der Waals surface area contributed by atoms with Crippen molar-refractivity contribution in [1.82, 2.24) is 9.88 Å². The Balaban J connectivity index is 1.32. The van der Waals surface area contributed by atoms with Gasteiger partial charge in [0.15, 0.2) is 0 Å². The number of nitriles is 1. The van der Waals surface area contributed by atoms with Crippen molar-refractivity contribution in [2.24, 2.45) is 17.8 Å². The molecule has 0 radical (unpaired) electrons. The summed E-state index contributed by atoms with van der Waals surface area (Å²) in [5.41, 5.74) is 1.13. The molecular formula is C31H32Cl2N4O2. The molecule has 8 heteroatoms. The van der Waals surface area contributed by atoms with E-state index in [1.54, 1.807) is 6.20 Å². The Labute approximate surface area is 240 Å². The number of hydrogen-bond donors (Lipinski definition) is 0. The van der Waals surface area contributed by atoms with Gasteiger partial charge in [0.05, 0.1) is 24.0 Å². The van der Waals surface area contributed by atoms with E-state index in [9.17, 15) is 10.1 Å². The lowest BCUT2D eigenvalue weighted by molar-refractivity contribution is -0.139. The number of halogens is 2. The van der Waals surface area contributed by atoms with Crippen molar-refractivity contribution < 1.29 is 9.53 Å². The van der Waals surface area contributed by atoms with Crippen LogP contribution < -0.4 is 9.64 Å². The molecule has 202 valence electrons. The van der Waals surface area contributed by atoms with Crippen molar-refractivity contribution >= 4 is 34.9 Å². The summed E-state index contributed by atoms with van der Waals surface area (Å²) >= 11 is 12.3. The molecule has 3 aromatic rings. The average Bonchev–Trinajstić information content (AvgIpc) is 2.98. The lowest BCUT2D eigenvalue weighted by Crippen LogP contribution is -2.52. The number of benzene rings is 2. The smallest absolute Gasteiger partial charge is 0.227 e. The number of hydrogen-bond acceptors (Lipinski definition) is 5. The van der Waals surface area contributed by atoms with Gasteiger partial charge in [-0.1, -0.05) is 41.4 Å². The SMILES string of the molecule is C[C@H](Oc1ccc(Cl)cc1)[C@H]1CCN(C(=O)C2CCN(c3ccccn3)CC2C#N)C[C@@H]1c1ccc(Cl)cc1. The van der Waals surface area contributed by atoms with E-state index in [-0.39, 0.29) is 35.7 Å². The fraction of sp³-hybridized carbons (Fsp3) is 0.387. The van der Waals surface area contributed by atoms with Crippen molar-refractivity contribution in [3.63, 3.8) is 0 Å². The zero-order valence-corrected chi connectivity index (χ0v) is 23.4. The van der Waals surface area contributed by atoms with Crippen molar-refractivity contribution in [2.75, 3.05) is 31.1 Å². The summed E-state index contributed by atoms with van der Waals surface area (Å²) in [5, 5.41) is 11.3. The Kier molecular flexibility index (Phi) is 8.60. The van der Waals surface area contributed by atoms with Gasteiger partial charge in [0.1, 0.15) is 11.6 Å². The Bertz CT molecular complexity index is 1300. The molecule has 2 aliphatic rings. The van der Waals surface area contributed by atoms with Gasteiger partial charge in [-0.05, 0) is 73.9 Å². The maximum Gasteiger partial charge on any atom is 0.227 e. The molecule has 0 bridgehead atoms. The van der Waals surface area contributed by atoms with Crippen LogP contribution in [-0.4, -0.2) is 48.1 Å². The predicted molar refractivity (Wildman–Crippen MR) is 154 cm³/mol. The van der Waals surface area contributed by atoms with E-state index in [2.05, 4.69) is 22.9 Å². The van der Waals surface area contributed by atoms with Crippen LogP contribution in [-0.2, 0) is 4.79 Å². The maximum absolute atomic E-state index is 13.9. The van der Waals surface area contributed by atoms with Gasteiger partial charge < -0.3 is 14.5 Å². The predicted octanol–water partition coefficient (Wildman–Crippen LogP) is 6.45. The number of rotatable bonds is 6. The molecule has 2 saturated heterocycles. The second-order valence-electron chi connectivity index (χ2n) is 10.4. The lowest BCUT2D eigenvalue weighted by atomic mass is 9.77. The first-order valence-electron chi connectivity index (χ1n) is 13.4. The second kappa shape index (κ2) is 12.3. The van der Waals surface area contributed by atoms with E-state index in [0.717, 1.165) is 23.6 Å². The van der Waals surface area contributed by atoms with Crippen LogP contribution in [0.2, 0.25) is 10.0 Å². The molecule has 2 aliphatic heterocycles. The summed E-state index contributed by atoms with van der Waals surface area (Å²) in [4.78, 5) is 22.4. The summed E-state index contributed by atoms with van der Waals surface area (Å²) in [6.45, 7) is 4.53. The Morgan fingerprint density at radius 3 is 2.38 bits per heavy atom. The number of ether oxygens (including phenoxy) is 1. The minimum Gasteiger partial charge on any atom is -0.490 e. The highest BCUT2D eigenvalue weighted by molar-refractivity contribution is 6.30. The third kappa shape index (κ3) is 6.32. The van der Waals surface area contributed by atoms with Gasteiger partial charge in [-0.15, -0.1) is 0 Å². The molecule has 1 amide bonds. The van der Waals surface area contributed by atoms with Gasteiger partial charge in [-0.2, -0.15) is 5.26 Å². The topological polar surface area (TPSA) is 69.5 Å². The Hall–Kier alpha value is -3.27. The summed E-state index contributed by atoms with van der Waals surface area (Å²) in [6.07, 6.45) is 3.12. The van der Waals surface area contributed by atoms with E-state index in [1.807, 2.05) is 71.6 Å². The van der Waals surface area contributed by atoms with Gasteiger partial charge in [0, 0.05) is 54.3 Å². The number of nitrogens with zero attached hydrogens (tertiary/aromatic N) is 4. The normalized spacial score (nSPS) is 24.1. The van der Waals surface area contributed by atoms with Gasteiger partial charge in [-0.25, -0.2) is 4.98 Å². The zero-order valence-electron chi connectivity index (χ0n) is 21.9. The molecular weight excluding hydrogens is 531 g/mol. The first-order valence-corrected chi connectivity index (χ1v) is 14.2. The van der Waals surface area contributed by atoms with Crippen LogP contribution in [0.25, 0.3) is 0 Å². The van der Waals surface area contributed by atoms with E-state index >= 15 is 0 Å². The third-order valence-corrected chi connectivity index (χ3v) is 8.59. The number of carbonyl (C=O) groups excluding carboxylic acids is 1. The van der Waals surface area contributed by atoms with E-state index in [1.165, 1.54) is 0 Å². The molecule has 2 aromatic carbocycles. The number of anilines is 1. The first kappa shape index (κ1) is 27.3. The third-order valence-electron chi connectivity index (χ3n) is 8.08. The second-order valence-corrected chi connectivity index (χ2v) is 11.3. The minimum absolute atomic E-state index is 0.0717. The number of carbonyl (C=O) groups is 1. The van der Waals surface area contributed by atoms with Crippen LogP contribution in [0.5, 0.6) is 5.75 Å². The molecule has 2 unspecified atom stereocenters. The Morgan fingerprint density at radius 1 is 1.00 bits per heavy atom. The standard InChI is InChI=1S/C31H32Cl2N4O2/c1-21(39-26-11-9-25(33)10-12-26)27-13-17-37(20-29(27)22-5-7-24(32)8-6-22)31(38)28-14-16-36(19-23(28)18-34)30-4-2-3-15-35-30/h2-12,15,21,23,27-29H,13-14,16-17,19-20H2,1H3/t21-,23?,27+,28?,29+/m0/s1. The highest BCUT2D eigenvalue weighted by Crippen LogP contribution is 2.38. The monoisotopic (exact) mass is 562 g/mol. The van der Waals surface area contributed by atoms with Crippen molar-refractivity contribution in [3.8, 4) is 11.8 Å². The maximum atomic E-state index is 13.9. The van der Waals surface area contributed by atoms with Gasteiger partial charge >= 0.3 is 0 Å². The van der Waals surface area contributed by atoms with Gasteiger partial charge in [-0.3, -0.25) is 4.79 Å². The minimum atomic E-state index is -0.382. The number of pyridine rings is 1. The van der Waals surface area contributed by atoms with E-state index < -0.39 is 0 Å². The summed E-state index contributed by atoms with van der Waals surface area (Å²) in [7, 11) is 0. The number of likely N-dealkylation sites (tertiary alicyclic amines) is 1. The zero-order chi connectivity index (χ0) is 27.4. The number of piperidine rings is 2. The van der Waals surface area contributed by atoms with Gasteiger partial charge in [0.25, 0.3) is 0 Å². The number of aromatic nitrogens is 1. The van der Waals surface area contributed by atoms with Crippen LogP contribution in [0.1, 0.15) is 31.2 Å². The molecule has 6 nitrogen and oxygen atoms in total. The number of amides is 1. The van der Waals surface area contributed by atoms with E-state index in [4.69, 9.17) is 27.9 Å². The molecule has 39 heavy (non-hydrogen) atoms. The van der Waals surface area contributed by atoms with Crippen molar-refractivity contribution in [2.45, 2.75) is 31.8 Å². The molecule has 0 aliphatic carbocycles. The molecule has 5 rings (SSSR count). The van der Waals surface area contributed by atoms with Crippen LogP contribution in [0.3, 0.4) is 0 Å². The molecule has 0 spiro atoms. The van der Waals surface area contributed by atoms with Crippen molar-refractivity contribution in [1.29, 1.82) is 5.26 Å². The molecule has 2 fully saturated rings. The lowest BCUT2D eigenvalue weighted by Gasteiger charge is -2.44. The van der Waals surface area contributed by atoms with Crippen LogP contribution >= 0.6 is 23.2 Å². The quantitative estimate of drug-likeness (QED) is 0.345. The van der Waals surface area contributed by atoms with Crippen LogP contribution in [0.4, 0.5) is 5.82 Å². The Morgan fingerprint density at radius 2 is 1.72 bits per heavy atom. The van der Waals surface area contributed by atoms with Crippen molar-refractivity contribution in [3.05, 3.63) is 88.5 Å². The van der Waals surface area contributed by atoms with Crippen LogP contribution in [0, 0.1) is 29.1 Å². The average molecular weight is 564 g/mol. The fourth-order valence-corrected chi connectivity index (χ4v) is 6.22. The fourth-order valence-electron chi connectivity index (χ4n) is 5.97.